The summed E-state index contributed by atoms with van der Waals surface area (Å²) in [7, 11) is 1.68. The number of carbonyl (C=O) groups is 1. The molecule has 1 aliphatic rings. The van der Waals surface area contributed by atoms with E-state index >= 15 is 0 Å². The maximum atomic E-state index is 12.3. The standard InChI is InChI=1S/C12H12Cl2N2O3/c1-15(7-3-2-4-7)12(17)9-5-8(16(18)19)6-10(13)11(9)14/h5-7H,2-4H2,1H3. The third-order valence-electron chi connectivity index (χ3n) is 3.40. The third kappa shape index (κ3) is 2.67. The molecule has 1 saturated carbocycles. The number of halogens is 2. The van der Waals surface area contributed by atoms with Gasteiger partial charge in [-0.1, -0.05) is 23.2 Å². The first-order valence-electron chi connectivity index (χ1n) is 5.82. The first-order valence-corrected chi connectivity index (χ1v) is 6.58. The van der Waals surface area contributed by atoms with E-state index in [1.807, 2.05) is 0 Å². The highest BCUT2D eigenvalue weighted by Gasteiger charge is 2.29. The normalized spacial score (nSPS) is 14.9. The number of nitro groups is 1. The maximum Gasteiger partial charge on any atom is 0.271 e. The quantitative estimate of drug-likeness (QED) is 0.634. The Hall–Kier alpha value is -1.33. The van der Waals surface area contributed by atoms with Gasteiger partial charge in [0.25, 0.3) is 11.6 Å². The van der Waals surface area contributed by atoms with Crippen molar-refractivity contribution in [3.05, 3.63) is 37.9 Å². The van der Waals surface area contributed by atoms with Crippen molar-refractivity contribution in [1.29, 1.82) is 0 Å². The van der Waals surface area contributed by atoms with Crippen LogP contribution < -0.4 is 0 Å². The average molecular weight is 303 g/mol. The zero-order chi connectivity index (χ0) is 14.2. The lowest BCUT2D eigenvalue weighted by molar-refractivity contribution is -0.384. The number of nitro benzene ring substituents is 1. The molecule has 0 aromatic heterocycles. The molecule has 1 fully saturated rings. The number of hydrogen-bond acceptors (Lipinski definition) is 3. The second-order valence-electron chi connectivity index (χ2n) is 4.55. The molecule has 0 saturated heterocycles. The summed E-state index contributed by atoms with van der Waals surface area (Å²) in [6.07, 6.45) is 2.98. The number of non-ortho nitro benzene ring substituents is 1. The van der Waals surface area contributed by atoms with Crippen molar-refractivity contribution in [2.45, 2.75) is 25.3 Å². The van der Waals surface area contributed by atoms with Gasteiger partial charge in [0.05, 0.1) is 20.5 Å². The van der Waals surface area contributed by atoms with E-state index in [4.69, 9.17) is 23.2 Å². The summed E-state index contributed by atoms with van der Waals surface area (Å²) in [5.74, 6) is -0.333. The Morgan fingerprint density at radius 1 is 1.42 bits per heavy atom. The summed E-state index contributed by atoms with van der Waals surface area (Å²) >= 11 is 11.8. The van der Waals surface area contributed by atoms with Crippen LogP contribution in [0.15, 0.2) is 12.1 Å². The molecule has 0 aliphatic heterocycles. The predicted octanol–water partition coefficient (Wildman–Crippen LogP) is 3.53. The Balaban J connectivity index is 2.37. The molecule has 0 spiro atoms. The highest BCUT2D eigenvalue weighted by molar-refractivity contribution is 6.44. The fourth-order valence-electron chi connectivity index (χ4n) is 1.97. The van der Waals surface area contributed by atoms with Gasteiger partial charge in [-0.2, -0.15) is 0 Å². The highest BCUT2D eigenvalue weighted by Crippen LogP contribution is 2.33. The fraction of sp³-hybridized carbons (Fsp3) is 0.417. The molecule has 19 heavy (non-hydrogen) atoms. The molecule has 0 heterocycles. The van der Waals surface area contributed by atoms with Gasteiger partial charge >= 0.3 is 0 Å². The molecule has 0 radical (unpaired) electrons. The number of carbonyl (C=O) groups excluding carboxylic acids is 1. The molecule has 5 nitrogen and oxygen atoms in total. The summed E-state index contributed by atoms with van der Waals surface area (Å²) in [6.45, 7) is 0. The van der Waals surface area contributed by atoms with E-state index in [1.165, 1.54) is 6.07 Å². The Labute approximate surface area is 120 Å². The van der Waals surface area contributed by atoms with Crippen molar-refractivity contribution in [2.75, 3.05) is 7.05 Å². The minimum absolute atomic E-state index is 0.0150. The zero-order valence-corrected chi connectivity index (χ0v) is 11.7. The van der Waals surface area contributed by atoms with Crippen molar-refractivity contribution in [3.63, 3.8) is 0 Å². The van der Waals surface area contributed by atoms with Gasteiger partial charge in [0, 0.05) is 25.2 Å². The number of amides is 1. The molecular formula is C12H12Cl2N2O3. The van der Waals surface area contributed by atoms with Gasteiger partial charge in [-0.3, -0.25) is 14.9 Å². The number of hydrogen-bond donors (Lipinski definition) is 0. The molecular weight excluding hydrogens is 291 g/mol. The average Bonchev–Trinajstić information content (AvgIpc) is 2.29. The molecule has 7 heteroatoms. The zero-order valence-electron chi connectivity index (χ0n) is 10.2. The number of nitrogens with zero attached hydrogens (tertiary/aromatic N) is 2. The summed E-state index contributed by atoms with van der Waals surface area (Å²) in [6, 6.07) is 2.50. The van der Waals surface area contributed by atoms with Crippen LogP contribution in [0.5, 0.6) is 0 Å². The van der Waals surface area contributed by atoms with Crippen molar-refractivity contribution < 1.29 is 9.72 Å². The third-order valence-corrected chi connectivity index (χ3v) is 4.20. The Bertz CT molecular complexity index is 544. The molecule has 0 atom stereocenters. The second kappa shape index (κ2) is 5.35. The van der Waals surface area contributed by atoms with Crippen LogP contribution in [0.25, 0.3) is 0 Å². The van der Waals surface area contributed by atoms with Gasteiger partial charge < -0.3 is 4.90 Å². The van der Waals surface area contributed by atoms with Crippen LogP contribution in [-0.4, -0.2) is 28.8 Å². The van der Waals surface area contributed by atoms with Crippen LogP contribution in [-0.2, 0) is 0 Å². The van der Waals surface area contributed by atoms with Crippen LogP contribution in [0.4, 0.5) is 5.69 Å². The molecule has 1 aliphatic carbocycles. The lowest BCUT2D eigenvalue weighted by atomic mass is 9.91. The van der Waals surface area contributed by atoms with Gasteiger partial charge in [-0.15, -0.1) is 0 Å². The molecule has 2 rings (SSSR count). The second-order valence-corrected chi connectivity index (χ2v) is 5.33. The summed E-state index contributed by atoms with van der Waals surface area (Å²) in [5, 5.41) is 10.9. The van der Waals surface area contributed by atoms with Gasteiger partial charge in [0.1, 0.15) is 0 Å². The van der Waals surface area contributed by atoms with Crippen molar-refractivity contribution in [1.82, 2.24) is 4.90 Å². The molecule has 1 aromatic rings. The van der Waals surface area contributed by atoms with Crippen molar-refractivity contribution in [3.8, 4) is 0 Å². The van der Waals surface area contributed by atoms with Gasteiger partial charge in [0.15, 0.2) is 0 Å². The summed E-state index contributed by atoms with van der Waals surface area (Å²) < 4.78 is 0. The molecule has 0 bridgehead atoms. The molecule has 0 N–H and O–H groups in total. The molecule has 0 unspecified atom stereocenters. The lowest BCUT2D eigenvalue weighted by Gasteiger charge is -2.34. The van der Waals surface area contributed by atoms with Crippen LogP contribution in [0, 0.1) is 10.1 Å². The largest absolute Gasteiger partial charge is 0.339 e. The van der Waals surface area contributed by atoms with E-state index in [-0.39, 0.29) is 33.2 Å². The van der Waals surface area contributed by atoms with E-state index < -0.39 is 4.92 Å². The first kappa shape index (κ1) is 14.1. The summed E-state index contributed by atoms with van der Waals surface area (Å²) in [4.78, 5) is 24.1. The topological polar surface area (TPSA) is 63.5 Å². The van der Waals surface area contributed by atoms with Crippen LogP contribution >= 0.6 is 23.2 Å². The molecule has 102 valence electrons. The van der Waals surface area contributed by atoms with Crippen LogP contribution in [0.3, 0.4) is 0 Å². The van der Waals surface area contributed by atoms with Gasteiger partial charge in [0.2, 0.25) is 0 Å². The van der Waals surface area contributed by atoms with Gasteiger partial charge in [-0.05, 0) is 19.3 Å². The molecule has 1 amide bonds. The number of rotatable bonds is 3. The number of benzene rings is 1. The first-order chi connectivity index (χ1) is 8.91. The SMILES string of the molecule is CN(C(=O)c1cc([N+](=O)[O-])cc(Cl)c1Cl)C1CCC1. The minimum Gasteiger partial charge on any atom is -0.339 e. The maximum absolute atomic E-state index is 12.3. The fourth-order valence-corrected chi connectivity index (χ4v) is 2.37. The Morgan fingerprint density at radius 2 is 2.05 bits per heavy atom. The van der Waals surface area contributed by atoms with Crippen molar-refractivity contribution >= 4 is 34.8 Å². The van der Waals surface area contributed by atoms with E-state index in [0.29, 0.717) is 0 Å². The van der Waals surface area contributed by atoms with E-state index in [0.717, 1.165) is 25.3 Å². The summed E-state index contributed by atoms with van der Waals surface area (Å²) in [5.41, 5.74) is -0.157. The highest BCUT2D eigenvalue weighted by atomic mass is 35.5. The van der Waals surface area contributed by atoms with Crippen LogP contribution in [0.1, 0.15) is 29.6 Å². The van der Waals surface area contributed by atoms with E-state index in [1.54, 1.807) is 11.9 Å². The van der Waals surface area contributed by atoms with E-state index in [2.05, 4.69) is 0 Å². The molecule has 1 aromatic carbocycles. The van der Waals surface area contributed by atoms with Gasteiger partial charge in [-0.25, -0.2) is 0 Å². The van der Waals surface area contributed by atoms with Crippen LogP contribution in [0.2, 0.25) is 10.0 Å². The van der Waals surface area contributed by atoms with Crippen molar-refractivity contribution in [2.24, 2.45) is 0 Å². The Kier molecular flexibility index (Phi) is 3.96. The lowest BCUT2D eigenvalue weighted by Crippen LogP contribution is -2.41. The monoisotopic (exact) mass is 302 g/mol. The predicted molar refractivity (Wildman–Crippen MR) is 72.8 cm³/mol. The Morgan fingerprint density at radius 3 is 2.53 bits per heavy atom. The smallest absolute Gasteiger partial charge is 0.271 e. The minimum atomic E-state index is -0.595. The van der Waals surface area contributed by atoms with E-state index in [9.17, 15) is 14.9 Å².